The fraction of sp³-hybridized carbons (Fsp3) is 1.00. The van der Waals surface area contributed by atoms with Crippen LogP contribution in [-0.4, -0.2) is 225 Å². The molecule has 0 atom stereocenters. The normalized spacial score (nSPS) is 13.7. The van der Waals surface area contributed by atoms with Gasteiger partial charge in [-0.1, -0.05) is 0 Å². The van der Waals surface area contributed by atoms with Gasteiger partial charge in [0.25, 0.3) is 0 Å². The van der Waals surface area contributed by atoms with Gasteiger partial charge in [-0.2, -0.15) is 0 Å². The first-order valence-corrected chi connectivity index (χ1v) is 28.2. The van der Waals surface area contributed by atoms with Gasteiger partial charge in [-0.3, -0.25) is 27.4 Å². The van der Waals surface area contributed by atoms with E-state index in [4.69, 9.17) is 50.2 Å². The van der Waals surface area contributed by atoms with Crippen molar-refractivity contribution in [3.63, 3.8) is 0 Å². The molecule has 0 rings (SSSR count). The van der Waals surface area contributed by atoms with Crippen LogP contribution in [0.1, 0.15) is 0 Å². The van der Waals surface area contributed by atoms with Crippen molar-refractivity contribution in [3.8, 4) is 0 Å². The van der Waals surface area contributed by atoms with Gasteiger partial charge >= 0.3 is 46.0 Å². The maximum Gasteiger partial charge on any atom is 0.352 e. The van der Waals surface area contributed by atoms with Crippen LogP contribution >= 0.6 is 46.0 Å². The average Bonchev–Trinajstić information content (AvgIpc) is 3.02. The minimum Gasteiger partial charge on any atom is -0.255 e. The van der Waals surface area contributed by atoms with E-state index < -0.39 is 66.5 Å². The summed E-state index contributed by atoms with van der Waals surface area (Å²) in [6, 6.07) is 0. The molecule has 0 saturated heterocycles. The molecule has 0 saturated carbocycles. The predicted molar refractivity (Wildman–Crippen MR) is 213 cm³/mol. The molecule has 387 valence electrons. The summed E-state index contributed by atoms with van der Waals surface area (Å²) in [6.45, 7) is 0. The Bertz CT molecular complexity index is 1210. The van der Waals surface area contributed by atoms with Gasteiger partial charge in [0.05, 0.1) is 0 Å². The molecule has 0 aliphatic heterocycles. The summed E-state index contributed by atoms with van der Waals surface area (Å²) in [7, 11) is 9.73. The third-order valence-corrected chi connectivity index (χ3v) is 23.9. The van der Waals surface area contributed by atoms with Crippen LogP contribution in [0.25, 0.3) is 0 Å². The molecular weight excluding hydrogens is 1050 g/mol. The van der Waals surface area contributed by atoms with E-state index in [0.29, 0.717) is 0 Å². The Balaban J connectivity index is -0.000000169. The van der Waals surface area contributed by atoms with Crippen LogP contribution in [-0.2, 0) is 57.4 Å². The molecule has 0 heterocycles. The summed E-state index contributed by atoms with van der Waals surface area (Å²) in [5, 5.41) is 0. The Labute approximate surface area is 384 Å². The maximum absolute atomic E-state index is 12.6. The average molecular weight is 1120 g/mol. The molecule has 1 radical (unpaired) electrons. The largest absolute Gasteiger partial charge is 0.352 e. The first-order valence-electron chi connectivity index (χ1n) is 16.6. The van der Waals surface area contributed by atoms with Gasteiger partial charge in [0, 0.05) is 17.1 Å². The van der Waals surface area contributed by atoms with E-state index in [0.717, 1.165) is 0 Å². The van der Waals surface area contributed by atoms with Crippen molar-refractivity contribution in [2.24, 2.45) is 0 Å². The van der Waals surface area contributed by atoms with Gasteiger partial charge in [-0.15, -0.1) is 20.5 Å². The number of hydrogen-bond acceptors (Lipinski definition) is 17. The van der Waals surface area contributed by atoms with Crippen LogP contribution in [0, 0.1) is 20.5 Å². The quantitative estimate of drug-likeness (QED) is 0.0915. The molecule has 29 nitrogen and oxygen atoms in total. The summed E-state index contributed by atoms with van der Waals surface area (Å²) >= 11 is 0. The molecule has 0 unspecified atom stereocenters. The molecule has 0 amide bonds. The van der Waals surface area contributed by atoms with Crippen molar-refractivity contribution >= 4 is 46.0 Å². The van der Waals surface area contributed by atoms with Gasteiger partial charge in [0.2, 0.25) is 0 Å². The van der Waals surface area contributed by atoms with Crippen LogP contribution in [0.3, 0.4) is 0 Å². The number of hydrogen-bond donors (Lipinski definition) is 0. The number of rotatable bonds is 18. The van der Waals surface area contributed by atoms with E-state index >= 15 is 0 Å². The molecule has 0 fully saturated rings. The van der Waals surface area contributed by atoms with Gasteiger partial charge in [-0.05, 0) is 169 Å². The van der Waals surface area contributed by atoms with Crippen LogP contribution in [0.15, 0.2) is 0 Å². The van der Waals surface area contributed by atoms with E-state index in [-0.39, 0.29) is 17.1 Å². The van der Waals surface area contributed by atoms with Crippen molar-refractivity contribution in [1.29, 1.82) is 0 Å². The first kappa shape index (κ1) is 75.1. The zero-order valence-corrected chi connectivity index (χ0v) is 47.9. The zero-order valence-electron chi connectivity index (χ0n) is 40.0. The van der Waals surface area contributed by atoms with Gasteiger partial charge in [0.15, 0.2) is 0 Å². The summed E-state index contributed by atoms with van der Waals surface area (Å²) in [5.74, 6) is 0. The van der Waals surface area contributed by atoms with E-state index in [1.165, 1.54) is 56.0 Å². The van der Waals surface area contributed by atoms with Crippen LogP contribution in [0.5, 0.6) is 0 Å². The molecule has 0 bridgehead atoms. The van der Waals surface area contributed by atoms with E-state index in [9.17, 15) is 27.4 Å². The summed E-state index contributed by atoms with van der Waals surface area (Å²) < 4.78 is 178. The van der Waals surface area contributed by atoms with Crippen LogP contribution < -0.4 is 37.3 Å². The molecule has 0 spiro atoms. The molecule has 62 heavy (non-hydrogen) atoms. The second-order valence-electron chi connectivity index (χ2n) is 14.1. The summed E-state index contributed by atoms with van der Waals surface area (Å²) in [6.07, 6.45) is 0. The van der Waals surface area contributed by atoms with E-state index in [2.05, 4.69) is 0 Å². The molecule has 0 aromatic carbocycles. The summed E-state index contributed by atoms with van der Waals surface area (Å²) in [4.78, 5) is 0. The third-order valence-electron chi connectivity index (χ3n) is 6.70. The molecular formula is C24H72Cl2CuN12O17P6-2. The fourth-order valence-electron chi connectivity index (χ4n) is 3.44. The van der Waals surface area contributed by atoms with Crippen LogP contribution in [0.2, 0.25) is 0 Å². The Morgan fingerprint density at radius 1 is 0.242 bits per heavy atom. The molecule has 0 aliphatic carbocycles. The van der Waals surface area contributed by atoms with Crippen molar-refractivity contribution in [2.75, 3.05) is 169 Å². The zero-order chi connectivity index (χ0) is 51.0. The summed E-state index contributed by atoms with van der Waals surface area (Å²) in [5.41, 5.74) is 0. The van der Waals surface area contributed by atoms with Crippen molar-refractivity contribution in [1.82, 2.24) is 56.0 Å². The van der Waals surface area contributed by atoms with Gasteiger partial charge < -0.3 is 0 Å². The SMILES string of the molecule is CN(C)P(=O)(OP(=O)(N(C)C)N(C)C)N(C)C.CN(C)P(=O)(OP(=O)(N(C)C)N(C)C)N(C)C.CN(C)P(=O)(OP(=O)(N(C)C)N(C)C)N(C)C.[Cu].[O-][Cl+3]([O-])([O-])[O-].[O-][Cl+3]([O-])([O-])[O-]. The second kappa shape index (κ2) is 30.2. The monoisotopic (exact) mass is 1120 g/mol. The number of nitrogens with zero attached hydrogens (tertiary/aromatic N) is 12. The Kier molecular flexibility index (Phi) is 36.6. The van der Waals surface area contributed by atoms with Gasteiger partial charge in [-0.25, -0.2) is 106 Å². The number of halogens is 2. The molecule has 38 heteroatoms. The van der Waals surface area contributed by atoms with Crippen LogP contribution in [0.4, 0.5) is 0 Å². The standard InChI is InChI=1S/3C8H24N4O3P2.2ClHO4.Cu/c3*1-9(2)16(13,10(3)4)15-17(14,11(5)6)12(7)8;2*2-1(3,4)5;/h3*1-8H3;2*(H,2,3,4,5);/p-2. The third kappa shape index (κ3) is 26.9. The molecule has 0 N–H and O–H groups in total. The minimum absolute atomic E-state index is 0. The topological polar surface area (TPSA) is 353 Å². The Morgan fingerprint density at radius 2 is 0.290 bits per heavy atom. The second-order valence-corrected chi connectivity index (χ2v) is 33.1. The van der Waals surface area contributed by atoms with E-state index in [1.54, 1.807) is 169 Å². The van der Waals surface area contributed by atoms with Crippen molar-refractivity contribution in [2.45, 2.75) is 0 Å². The van der Waals surface area contributed by atoms with Gasteiger partial charge in [0.1, 0.15) is 0 Å². The van der Waals surface area contributed by atoms with Crippen molar-refractivity contribution < 1.29 is 115 Å². The molecule has 0 aliphatic rings. The van der Waals surface area contributed by atoms with Crippen molar-refractivity contribution in [3.05, 3.63) is 0 Å². The molecule has 0 aromatic rings. The predicted octanol–water partition coefficient (Wildman–Crippen LogP) is -5.12. The smallest absolute Gasteiger partial charge is 0.255 e. The Morgan fingerprint density at radius 3 is 0.323 bits per heavy atom. The Hall–Kier alpha value is 1.56. The maximum atomic E-state index is 12.6. The minimum atomic E-state index is -4.94. The molecule has 0 aromatic heterocycles. The first-order chi connectivity index (χ1) is 26.4. The van der Waals surface area contributed by atoms with E-state index in [1.807, 2.05) is 0 Å². The fourth-order valence-corrected chi connectivity index (χ4v) is 18.1.